The summed E-state index contributed by atoms with van der Waals surface area (Å²) in [5.74, 6) is -3.11. The van der Waals surface area contributed by atoms with Gasteiger partial charge in [0.15, 0.2) is 0 Å². The number of rotatable bonds is 5. The number of ether oxygens (including phenoxy) is 1. The summed E-state index contributed by atoms with van der Waals surface area (Å²) in [4.78, 5) is 25.9. The molecule has 1 fully saturated rings. The standard InChI is InChI=1S/C19H16ClF2NO4/c20-12-6-7-16(27-19(21)22)13(8-12)17(24)23-9-14(15(10-23)18(25)26)11-4-2-1-3-5-11/h1-8,14-15,19H,9-10H2,(H,25,26)/t14-,15-/m1/s1. The molecule has 0 aliphatic carbocycles. The van der Waals surface area contributed by atoms with Crippen molar-refractivity contribution in [2.75, 3.05) is 13.1 Å². The van der Waals surface area contributed by atoms with E-state index in [1.807, 2.05) is 6.07 Å². The number of nitrogens with zero attached hydrogens (tertiary/aromatic N) is 1. The van der Waals surface area contributed by atoms with Crippen molar-refractivity contribution in [1.29, 1.82) is 0 Å². The fourth-order valence-electron chi connectivity index (χ4n) is 3.30. The molecule has 1 aliphatic rings. The van der Waals surface area contributed by atoms with Crippen molar-refractivity contribution in [3.05, 3.63) is 64.7 Å². The lowest BCUT2D eigenvalue weighted by Gasteiger charge is -2.19. The SMILES string of the molecule is O=C(O)[C@@H]1CN(C(=O)c2cc(Cl)ccc2OC(F)F)C[C@@H]1c1ccccc1. The highest BCUT2D eigenvalue weighted by Gasteiger charge is 2.41. The minimum atomic E-state index is -3.10. The molecule has 3 rings (SSSR count). The summed E-state index contributed by atoms with van der Waals surface area (Å²) in [6.07, 6.45) is 0. The lowest BCUT2D eigenvalue weighted by molar-refractivity contribution is -0.141. The second kappa shape index (κ2) is 7.92. The zero-order valence-corrected chi connectivity index (χ0v) is 14.8. The fourth-order valence-corrected chi connectivity index (χ4v) is 3.47. The van der Waals surface area contributed by atoms with E-state index in [-0.39, 0.29) is 29.4 Å². The number of benzene rings is 2. The van der Waals surface area contributed by atoms with Crippen molar-refractivity contribution in [3.8, 4) is 5.75 Å². The number of alkyl halides is 2. The fraction of sp³-hybridized carbons (Fsp3) is 0.263. The molecule has 2 aromatic rings. The molecular weight excluding hydrogens is 380 g/mol. The average Bonchev–Trinajstić information content (AvgIpc) is 3.09. The molecule has 2 atom stereocenters. The van der Waals surface area contributed by atoms with Gasteiger partial charge in [-0.1, -0.05) is 41.9 Å². The molecule has 0 aromatic heterocycles. The molecule has 2 aromatic carbocycles. The molecule has 0 saturated carbocycles. The second-order valence-corrected chi connectivity index (χ2v) is 6.63. The van der Waals surface area contributed by atoms with Crippen LogP contribution in [0.5, 0.6) is 5.75 Å². The third-order valence-electron chi connectivity index (χ3n) is 4.54. The van der Waals surface area contributed by atoms with Crippen molar-refractivity contribution < 1.29 is 28.2 Å². The molecule has 1 N–H and O–H groups in total. The van der Waals surface area contributed by atoms with Gasteiger partial charge in [-0.2, -0.15) is 8.78 Å². The molecule has 0 unspecified atom stereocenters. The van der Waals surface area contributed by atoms with E-state index >= 15 is 0 Å². The number of halogens is 3. The minimum absolute atomic E-state index is 0.0334. The molecule has 0 radical (unpaired) electrons. The van der Waals surface area contributed by atoms with Crippen LogP contribution in [-0.2, 0) is 4.79 Å². The molecule has 1 saturated heterocycles. The summed E-state index contributed by atoms with van der Waals surface area (Å²) in [7, 11) is 0. The second-order valence-electron chi connectivity index (χ2n) is 6.19. The number of carboxylic acids is 1. The van der Waals surface area contributed by atoms with Crippen molar-refractivity contribution in [3.63, 3.8) is 0 Å². The Kier molecular flexibility index (Phi) is 5.60. The highest BCUT2D eigenvalue weighted by Crippen LogP contribution is 2.35. The predicted octanol–water partition coefficient (Wildman–Crippen LogP) is 3.88. The van der Waals surface area contributed by atoms with Gasteiger partial charge < -0.3 is 14.7 Å². The summed E-state index contributed by atoms with van der Waals surface area (Å²) in [5.41, 5.74) is 0.677. The minimum Gasteiger partial charge on any atom is -0.481 e. The van der Waals surface area contributed by atoms with Gasteiger partial charge in [-0.25, -0.2) is 0 Å². The van der Waals surface area contributed by atoms with Crippen LogP contribution in [0.1, 0.15) is 21.8 Å². The van der Waals surface area contributed by atoms with E-state index in [1.54, 1.807) is 24.3 Å². The van der Waals surface area contributed by atoms with Gasteiger partial charge in [0, 0.05) is 24.0 Å². The molecule has 1 amide bonds. The molecule has 142 valence electrons. The van der Waals surface area contributed by atoms with Crippen molar-refractivity contribution >= 4 is 23.5 Å². The van der Waals surface area contributed by atoms with E-state index in [9.17, 15) is 23.5 Å². The van der Waals surface area contributed by atoms with Gasteiger partial charge in [-0.3, -0.25) is 9.59 Å². The summed E-state index contributed by atoms with van der Waals surface area (Å²) in [5, 5.41) is 9.74. The van der Waals surface area contributed by atoms with Gasteiger partial charge >= 0.3 is 12.6 Å². The third kappa shape index (κ3) is 4.19. The first-order valence-corrected chi connectivity index (χ1v) is 8.56. The van der Waals surface area contributed by atoms with Gasteiger partial charge in [0.25, 0.3) is 5.91 Å². The van der Waals surface area contributed by atoms with Gasteiger partial charge in [0.05, 0.1) is 11.5 Å². The number of amides is 1. The number of likely N-dealkylation sites (tertiary alicyclic amines) is 1. The topological polar surface area (TPSA) is 66.8 Å². The van der Waals surface area contributed by atoms with Crippen LogP contribution in [0.3, 0.4) is 0 Å². The number of hydrogen-bond donors (Lipinski definition) is 1. The van der Waals surface area contributed by atoms with Crippen LogP contribution < -0.4 is 4.74 Å². The summed E-state index contributed by atoms with van der Waals surface area (Å²) in [6.45, 7) is -2.98. The first kappa shape index (κ1) is 19.1. The van der Waals surface area contributed by atoms with Crippen LogP contribution in [0, 0.1) is 5.92 Å². The maximum atomic E-state index is 12.9. The molecule has 1 heterocycles. The van der Waals surface area contributed by atoms with E-state index in [4.69, 9.17) is 11.6 Å². The summed E-state index contributed by atoms with van der Waals surface area (Å²) < 4.78 is 29.7. The van der Waals surface area contributed by atoms with Crippen LogP contribution in [0.2, 0.25) is 5.02 Å². The maximum absolute atomic E-state index is 12.9. The maximum Gasteiger partial charge on any atom is 0.387 e. The number of carbonyl (C=O) groups excluding carboxylic acids is 1. The van der Waals surface area contributed by atoms with E-state index < -0.39 is 30.3 Å². The van der Waals surface area contributed by atoms with Crippen LogP contribution in [0.4, 0.5) is 8.78 Å². The largest absolute Gasteiger partial charge is 0.481 e. The zero-order chi connectivity index (χ0) is 19.6. The Balaban J connectivity index is 1.90. The molecule has 0 spiro atoms. The molecule has 8 heteroatoms. The Bertz CT molecular complexity index is 847. The molecular formula is C19H16ClF2NO4. The monoisotopic (exact) mass is 395 g/mol. The van der Waals surface area contributed by atoms with Gasteiger partial charge in [-0.05, 0) is 23.8 Å². The van der Waals surface area contributed by atoms with Crippen LogP contribution >= 0.6 is 11.6 Å². The molecule has 0 bridgehead atoms. The third-order valence-corrected chi connectivity index (χ3v) is 4.78. The first-order valence-electron chi connectivity index (χ1n) is 8.18. The average molecular weight is 396 g/mol. The smallest absolute Gasteiger partial charge is 0.387 e. The summed E-state index contributed by atoms with van der Waals surface area (Å²) in [6, 6.07) is 12.8. The normalized spacial score (nSPS) is 19.3. The van der Waals surface area contributed by atoms with Crippen molar-refractivity contribution in [2.45, 2.75) is 12.5 Å². The quantitative estimate of drug-likeness (QED) is 0.834. The van der Waals surface area contributed by atoms with Crippen LogP contribution in [-0.4, -0.2) is 41.6 Å². The van der Waals surface area contributed by atoms with Crippen LogP contribution in [0.15, 0.2) is 48.5 Å². The van der Waals surface area contributed by atoms with Crippen molar-refractivity contribution in [2.24, 2.45) is 5.92 Å². The van der Waals surface area contributed by atoms with E-state index in [0.717, 1.165) is 5.56 Å². The first-order chi connectivity index (χ1) is 12.9. The Labute approximate surface area is 159 Å². The number of hydrogen-bond acceptors (Lipinski definition) is 3. The van der Waals surface area contributed by atoms with Gasteiger partial charge in [0.1, 0.15) is 5.75 Å². The Hall–Kier alpha value is -2.67. The lowest BCUT2D eigenvalue weighted by Crippen LogP contribution is -2.30. The van der Waals surface area contributed by atoms with Gasteiger partial charge in [0.2, 0.25) is 0 Å². The van der Waals surface area contributed by atoms with Gasteiger partial charge in [-0.15, -0.1) is 0 Å². The number of aliphatic carboxylic acids is 1. The summed E-state index contributed by atoms with van der Waals surface area (Å²) >= 11 is 5.90. The van der Waals surface area contributed by atoms with Crippen LogP contribution in [0.25, 0.3) is 0 Å². The Morgan fingerprint density at radius 3 is 2.48 bits per heavy atom. The highest BCUT2D eigenvalue weighted by molar-refractivity contribution is 6.31. The number of carbonyl (C=O) groups is 2. The van der Waals surface area contributed by atoms with Crippen molar-refractivity contribution in [1.82, 2.24) is 4.90 Å². The highest BCUT2D eigenvalue weighted by atomic mass is 35.5. The Morgan fingerprint density at radius 2 is 1.85 bits per heavy atom. The van der Waals surface area contributed by atoms with E-state index in [0.29, 0.717) is 0 Å². The zero-order valence-electron chi connectivity index (χ0n) is 14.0. The van der Waals surface area contributed by atoms with E-state index in [1.165, 1.54) is 23.1 Å². The van der Waals surface area contributed by atoms with E-state index in [2.05, 4.69) is 4.74 Å². The molecule has 1 aliphatic heterocycles. The number of carboxylic acid groups (broad SMARTS) is 1. The lowest BCUT2D eigenvalue weighted by atomic mass is 9.89. The Morgan fingerprint density at radius 1 is 1.15 bits per heavy atom. The molecule has 5 nitrogen and oxygen atoms in total. The predicted molar refractivity (Wildman–Crippen MR) is 94.3 cm³/mol. The molecule has 27 heavy (non-hydrogen) atoms.